The molecule has 7 heteroatoms. The first-order chi connectivity index (χ1) is 31.7. The van der Waals surface area contributed by atoms with Crippen LogP contribution in [0.5, 0.6) is 0 Å². The molecule has 1 atom stereocenters. The van der Waals surface area contributed by atoms with Gasteiger partial charge in [0.25, 0.3) is 0 Å². The van der Waals surface area contributed by atoms with Crippen LogP contribution in [0.1, 0.15) is 22.9 Å². The number of benzene rings is 9. The minimum atomic E-state index is -0.509. The summed E-state index contributed by atoms with van der Waals surface area (Å²) in [4.78, 5) is 10.5. The molecule has 7 nitrogen and oxygen atoms in total. The Morgan fingerprint density at radius 3 is 1.88 bits per heavy atom. The Labute approximate surface area is 364 Å². The average Bonchev–Trinajstić information content (AvgIpc) is 4.13. The van der Waals surface area contributed by atoms with Crippen LogP contribution in [0.25, 0.3) is 104 Å². The number of nitrogens with zero attached hydrogens (tertiary/aromatic N) is 3. The molecular weight excluding hydrogens is 789 g/mol. The van der Waals surface area contributed by atoms with Crippen molar-refractivity contribution in [3.8, 4) is 16.8 Å². The van der Waals surface area contributed by atoms with Gasteiger partial charge in [-0.3, -0.25) is 0 Å². The van der Waals surface area contributed by atoms with Crippen LogP contribution in [0, 0.1) is 0 Å². The molecule has 4 aromatic heterocycles. The number of amidine groups is 2. The number of para-hydroxylation sites is 4. The fraction of sp³-hybridized carbons (Fsp3) is 0.0175. The predicted molar refractivity (Wildman–Crippen MR) is 260 cm³/mol. The van der Waals surface area contributed by atoms with Crippen molar-refractivity contribution in [3.63, 3.8) is 0 Å². The Balaban J connectivity index is 1.06. The highest BCUT2D eigenvalue weighted by Gasteiger charge is 2.28. The van der Waals surface area contributed by atoms with Crippen LogP contribution >= 0.6 is 0 Å². The SMILES string of the molecule is c1ccc(C2=NC(c3ccc4c(oc5c(-n6c7ccccc7c7ccc8c9ccccc9oc8c76)cccc54)c3-c3ccc4oc5ccccc5c4c3)NC(c3ccccc3)=N2)cc1. The van der Waals surface area contributed by atoms with E-state index in [0.717, 1.165) is 127 Å². The second-order valence-corrected chi connectivity index (χ2v) is 16.5. The average molecular weight is 823 g/mol. The second kappa shape index (κ2) is 13.4. The van der Waals surface area contributed by atoms with Crippen molar-refractivity contribution in [2.45, 2.75) is 6.17 Å². The highest BCUT2D eigenvalue weighted by atomic mass is 16.3. The number of aliphatic imine (C=N–C) groups is 2. The maximum absolute atomic E-state index is 7.42. The maximum atomic E-state index is 7.42. The van der Waals surface area contributed by atoms with Gasteiger partial charge in [-0.15, -0.1) is 0 Å². The van der Waals surface area contributed by atoms with Gasteiger partial charge < -0.3 is 23.1 Å². The van der Waals surface area contributed by atoms with E-state index in [2.05, 4.69) is 143 Å². The molecule has 0 radical (unpaired) electrons. The Kier molecular flexibility index (Phi) is 7.33. The zero-order valence-corrected chi connectivity index (χ0v) is 34.1. The van der Waals surface area contributed by atoms with E-state index in [-0.39, 0.29) is 0 Å². The summed E-state index contributed by atoms with van der Waals surface area (Å²) < 4.78 is 22.8. The Bertz CT molecular complexity index is 4110. The summed E-state index contributed by atoms with van der Waals surface area (Å²) in [5.74, 6) is 1.40. The van der Waals surface area contributed by atoms with Gasteiger partial charge in [0.15, 0.2) is 17.0 Å². The molecule has 64 heavy (non-hydrogen) atoms. The van der Waals surface area contributed by atoms with E-state index < -0.39 is 6.17 Å². The number of fused-ring (bicyclic) bond motifs is 13. The Morgan fingerprint density at radius 2 is 1.05 bits per heavy atom. The molecule has 1 N–H and O–H groups in total. The third-order valence-electron chi connectivity index (χ3n) is 12.9. The summed E-state index contributed by atoms with van der Waals surface area (Å²) in [5.41, 5.74) is 12.7. The standard InChI is InChI=1S/C57H34N4O3/c1-3-14-33(15-4-1)55-58-56(34-16-5-2-6-17-34)60-57(59-55)43-30-29-42-40-21-13-23-46(52(40)64-53(42)50(43)35-26-31-49-44(32-35)38-20-9-11-24-47(38)62-49)61-45-22-10-7-18-36(45)39-27-28-41-37-19-8-12-25-48(37)63-54(41)51(39)61/h1-32,57H,(H,58,59,60). The van der Waals surface area contributed by atoms with E-state index >= 15 is 0 Å². The monoisotopic (exact) mass is 822 g/mol. The number of nitrogens with one attached hydrogen (secondary N) is 1. The maximum Gasteiger partial charge on any atom is 0.160 e. The van der Waals surface area contributed by atoms with E-state index in [1.807, 2.05) is 60.7 Å². The highest BCUT2D eigenvalue weighted by molar-refractivity contribution is 6.23. The zero-order valence-electron chi connectivity index (χ0n) is 34.1. The molecule has 0 saturated carbocycles. The lowest BCUT2D eigenvalue weighted by Crippen LogP contribution is -2.33. The lowest BCUT2D eigenvalue weighted by atomic mass is 9.93. The van der Waals surface area contributed by atoms with Gasteiger partial charge in [-0.1, -0.05) is 152 Å². The van der Waals surface area contributed by atoms with Crippen molar-refractivity contribution >= 4 is 99.3 Å². The van der Waals surface area contributed by atoms with Crippen LogP contribution < -0.4 is 5.32 Å². The fourth-order valence-corrected chi connectivity index (χ4v) is 10.00. The van der Waals surface area contributed by atoms with Crippen LogP contribution in [0.15, 0.2) is 217 Å². The van der Waals surface area contributed by atoms with Crippen molar-refractivity contribution in [3.05, 3.63) is 211 Å². The van der Waals surface area contributed by atoms with Crippen molar-refractivity contribution in [2.75, 3.05) is 0 Å². The zero-order chi connectivity index (χ0) is 41.9. The van der Waals surface area contributed by atoms with Gasteiger partial charge in [0.1, 0.15) is 34.3 Å². The van der Waals surface area contributed by atoms with E-state index in [4.69, 9.17) is 23.2 Å². The topological polar surface area (TPSA) is 81.1 Å². The molecule has 0 saturated heterocycles. The molecule has 0 spiro atoms. The summed E-state index contributed by atoms with van der Waals surface area (Å²) in [6.07, 6.45) is -0.509. The number of hydrogen-bond donors (Lipinski definition) is 1. The van der Waals surface area contributed by atoms with Gasteiger partial charge in [-0.2, -0.15) is 0 Å². The van der Waals surface area contributed by atoms with Crippen molar-refractivity contribution in [1.29, 1.82) is 0 Å². The van der Waals surface area contributed by atoms with Gasteiger partial charge in [0.05, 0.1) is 16.7 Å². The molecule has 0 fully saturated rings. The van der Waals surface area contributed by atoms with Crippen molar-refractivity contribution < 1.29 is 13.3 Å². The fourth-order valence-electron chi connectivity index (χ4n) is 10.00. The first-order valence-electron chi connectivity index (χ1n) is 21.5. The van der Waals surface area contributed by atoms with Gasteiger partial charge >= 0.3 is 0 Å². The molecule has 0 bridgehead atoms. The van der Waals surface area contributed by atoms with Crippen molar-refractivity contribution in [2.24, 2.45) is 9.98 Å². The van der Waals surface area contributed by atoms with Crippen LogP contribution in [0.2, 0.25) is 0 Å². The van der Waals surface area contributed by atoms with Crippen LogP contribution in [-0.4, -0.2) is 16.2 Å². The lowest BCUT2D eigenvalue weighted by molar-refractivity contribution is 0.655. The molecule has 0 aliphatic carbocycles. The minimum Gasteiger partial charge on any atom is -0.456 e. The smallest absolute Gasteiger partial charge is 0.160 e. The van der Waals surface area contributed by atoms with E-state index in [9.17, 15) is 0 Å². The van der Waals surface area contributed by atoms with Gasteiger partial charge in [0, 0.05) is 65.3 Å². The lowest BCUT2D eigenvalue weighted by Gasteiger charge is -2.25. The molecule has 5 heterocycles. The summed E-state index contributed by atoms with van der Waals surface area (Å²) >= 11 is 0. The van der Waals surface area contributed by atoms with Crippen LogP contribution in [-0.2, 0) is 0 Å². The second-order valence-electron chi connectivity index (χ2n) is 16.5. The molecule has 1 aliphatic heterocycles. The summed E-state index contributed by atoms with van der Waals surface area (Å²) in [6.45, 7) is 0. The number of furan rings is 3. The van der Waals surface area contributed by atoms with Gasteiger partial charge in [0.2, 0.25) is 0 Å². The molecule has 300 valence electrons. The molecule has 9 aromatic carbocycles. The molecule has 0 amide bonds. The van der Waals surface area contributed by atoms with Crippen LogP contribution in [0.4, 0.5) is 0 Å². The molecular formula is C57H34N4O3. The summed E-state index contributed by atoms with van der Waals surface area (Å²) in [7, 11) is 0. The summed E-state index contributed by atoms with van der Waals surface area (Å²) in [6, 6.07) is 67.2. The molecule has 14 rings (SSSR count). The first kappa shape index (κ1) is 35.0. The number of aromatic nitrogens is 1. The van der Waals surface area contributed by atoms with Crippen molar-refractivity contribution in [1.82, 2.24) is 9.88 Å². The largest absolute Gasteiger partial charge is 0.456 e. The van der Waals surface area contributed by atoms with E-state index in [1.165, 1.54) is 0 Å². The number of hydrogen-bond acceptors (Lipinski definition) is 6. The number of rotatable bonds is 5. The Hall–Kier alpha value is -8.68. The minimum absolute atomic E-state index is 0.509. The normalized spacial score (nSPS) is 14.4. The third-order valence-corrected chi connectivity index (χ3v) is 12.9. The third kappa shape index (κ3) is 5.09. The quantitative estimate of drug-likeness (QED) is 0.187. The van der Waals surface area contributed by atoms with Crippen LogP contribution in [0.3, 0.4) is 0 Å². The molecule has 1 aliphatic rings. The molecule has 1 unspecified atom stereocenters. The van der Waals surface area contributed by atoms with E-state index in [0.29, 0.717) is 5.84 Å². The Morgan fingerprint density at radius 1 is 0.422 bits per heavy atom. The van der Waals surface area contributed by atoms with E-state index in [1.54, 1.807) is 0 Å². The van der Waals surface area contributed by atoms with Gasteiger partial charge in [-0.25, -0.2) is 9.98 Å². The summed E-state index contributed by atoms with van der Waals surface area (Å²) in [5, 5.41) is 12.3. The predicted octanol–water partition coefficient (Wildman–Crippen LogP) is 14.6. The molecule has 13 aromatic rings. The highest BCUT2D eigenvalue weighted by Crippen LogP contribution is 2.46. The van der Waals surface area contributed by atoms with Gasteiger partial charge in [-0.05, 0) is 48.0 Å². The first-order valence-corrected chi connectivity index (χ1v) is 21.5.